The molecule has 6 heteroatoms. The molecule has 0 radical (unpaired) electrons. The van der Waals surface area contributed by atoms with Crippen molar-refractivity contribution < 1.29 is 19.5 Å². The summed E-state index contributed by atoms with van der Waals surface area (Å²) in [4.78, 5) is 0.639. The largest absolute Gasteiger partial charge is 0.394 e. The van der Waals surface area contributed by atoms with Gasteiger partial charge in [-0.1, -0.05) is 55.2 Å². The van der Waals surface area contributed by atoms with Crippen LogP contribution in [0.1, 0.15) is 58.4 Å². The van der Waals surface area contributed by atoms with Gasteiger partial charge in [0.25, 0.3) is 0 Å². The van der Waals surface area contributed by atoms with Gasteiger partial charge in [0, 0.05) is 11.3 Å². The van der Waals surface area contributed by atoms with E-state index in [1.54, 1.807) is 11.5 Å². The molecule has 174 valence electrons. The zero-order valence-corrected chi connectivity index (χ0v) is 20.1. The molecule has 1 aliphatic carbocycles. The molecule has 2 rings (SSSR count). The van der Waals surface area contributed by atoms with Crippen LogP contribution in [0.3, 0.4) is 0 Å². The molecule has 1 aromatic carbocycles. The number of aryl methyl sites for hydroxylation is 1. The minimum absolute atomic E-state index is 0.0379. The number of benzene rings is 1. The maximum Gasteiger partial charge on any atom is 0.0972 e. The fraction of sp³-hybridized carbons (Fsp3) is 0.600. The molecule has 4 atom stereocenters. The zero-order valence-electron chi connectivity index (χ0n) is 19.3. The van der Waals surface area contributed by atoms with Gasteiger partial charge in [0.15, 0.2) is 0 Å². The highest BCUT2D eigenvalue weighted by atomic mass is 32.2. The molecule has 0 aliphatic heterocycles. The molecule has 0 bridgehead atoms. The second-order valence-corrected chi connectivity index (χ2v) is 11.1. The van der Waals surface area contributed by atoms with E-state index in [-0.39, 0.29) is 25.0 Å². The maximum atomic E-state index is 14.3. The van der Waals surface area contributed by atoms with E-state index in [1.165, 1.54) is 0 Å². The second kappa shape index (κ2) is 12.0. The normalized spacial score (nSPS) is 22.9. The summed E-state index contributed by atoms with van der Waals surface area (Å²) in [6.45, 7) is 7.64. The summed E-state index contributed by atoms with van der Waals surface area (Å²) >= 11 is 0. The molecule has 1 aliphatic rings. The molecule has 0 spiro atoms. The first-order chi connectivity index (χ1) is 14.7. The SMILES string of the molecule is C/C(=C/CO)C[C@@H](O)[C@H]1CCCC/C1=C/[S@](=O)(=N[C@@H](CO)C(C)C)c1ccc(C)cc1. The monoisotopic (exact) mass is 449 g/mol. The summed E-state index contributed by atoms with van der Waals surface area (Å²) in [6, 6.07) is 7.16. The Morgan fingerprint density at radius 1 is 1.23 bits per heavy atom. The molecule has 0 aromatic heterocycles. The Hall–Kier alpha value is -1.47. The molecule has 1 fully saturated rings. The van der Waals surface area contributed by atoms with Crippen molar-refractivity contribution in [3.63, 3.8) is 0 Å². The highest BCUT2D eigenvalue weighted by Crippen LogP contribution is 2.36. The number of aliphatic hydroxyl groups excluding tert-OH is 3. The summed E-state index contributed by atoms with van der Waals surface area (Å²) in [5.41, 5.74) is 3.02. The lowest BCUT2D eigenvalue weighted by atomic mass is 9.80. The Morgan fingerprint density at radius 2 is 1.90 bits per heavy atom. The van der Waals surface area contributed by atoms with Crippen molar-refractivity contribution in [2.75, 3.05) is 13.2 Å². The maximum absolute atomic E-state index is 14.3. The first-order valence-electron chi connectivity index (χ1n) is 11.3. The standard InChI is InChI=1S/C25H39NO4S/c1-18(2)24(16-28)26-31(30,22-11-9-19(3)10-12-22)17-21-7-5-6-8-23(21)25(29)15-20(4)13-14-27/h9-13,17-18,23-25,27-29H,5-8,14-16H2,1-4H3/b20-13-,21-17-/t23-,24-,25+,31+/m0/s1. The van der Waals surface area contributed by atoms with E-state index in [9.17, 15) is 14.4 Å². The van der Waals surface area contributed by atoms with E-state index >= 15 is 0 Å². The Bertz CT molecular complexity index is 879. The summed E-state index contributed by atoms with van der Waals surface area (Å²) in [5.74, 6) is -0.0161. The third kappa shape index (κ3) is 7.28. The highest BCUT2D eigenvalue weighted by molar-refractivity contribution is 7.96. The molecule has 1 saturated carbocycles. The number of rotatable bonds is 9. The van der Waals surface area contributed by atoms with Crippen molar-refractivity contribution in [3.05, 3.63) is 52.5 Å². The summed E-state index contributed by atoms with van der Waals surface area (Å²) in [7, 11) is -2.91. The van der Waals surface area contributed by atoms with Gasteiger partial charge in [0.05, 0.1) is 40.0 Å². The van der Waals surface area contributed by atoms with Gasteiger partial charge in [-0.15, -0.1) is 0 Å². The average molecular weight is 450 g/mol. The molecule has 3 N–H and O–H groups in total. The lowest BCUT2D eigenvalue weighted by molar-refractivity contribution is 0.111. The minimum atomic E-state index is -2.91. The van der Waals surface area contributed by atoms with Gasteiger partial charge in [-0.2, -0.15) is 0 Å². The van der Waals surface area contributed by atoms with Crippen LogP contribution in [-0.4, -0.2) is 44.9 Å². The van der Waals surface area contributed by atoms with Crippen molar-refractivity contribution in [2.24, 2.45) is 16.2 Å². The van der Waals surface area contributed by atoms with Crippen LogP contribution < -0.4 is 0 Å². The average Bonchev–Trinajstić information content (AvgIpc) is 2.72. The van der Waals surface area contributed by atoms with Gasteiger partial charge in [0.2, 0.25) is 0 Å². The van der Waals surface area contributed by atoms with Crippen molar-refractivity contribution >= 4 is 9.73 Å². The first-order valence-corrected chi connectivity index (χ1v) is 12.9. The third-order valence-electron chi connectivity index (χ3n) is 6.06. The van der Waals surface area contributed by atoms with Gasteiger partial charge < -0.3 is 15.3 Å². The first kappa shape index (κ1) is 25.8. The number of nitrogens with zero attached hydrogens (tertiary/aromatic N) is 1. The third-order valence-corrected chi connectivity index (χ3v) is 8.21. The summed E-state index contributed by atoms with van der Waals surface area (Å²) < 4.78 is 18.9. The van der Waals surface area contributed by atoms with Gasteiger partial charge >= 0.3 is 0 Å². The number of hydrogen-bond acceptors (Lipinski definition) is 5. The molecule has 0 heterocycles. The Kier molecular flexibility index (Phi) is 9.94. The van der Waals surface area contributed by atoms with Crippen molar-refractivity contribution in [1.82, 2.24) is 0 Å². The lowest BCUT2D eigenvalue weighted by Crippen LogP contribution is -2.26. The van der Waals surface area contributed by atoms with Crippen LogP contribution >= 0.6 is 0 Å². The van der Waals surface area contributed by atoms with Crippen LogP contribution in [0.25, 0.3) is 0 Å². The van der Waals surface area contributed by atoms with E-state index in [2.05, 4.69) is 4.36 Å². The molecule has 1 aromatic rings. The van der Waals surface area contributed by atoms with E-state index in [0.29, 0.717) is 11.3 Å². The molecular weight excluding hydrogens is 410 g/mol. The Morgan fingerprint density at radius 3 is 2.48 bits per heavy atom. The molecule has 5 nitrogen and oxygen atoms in total. The Balaban J connectivity index is 2.53. The van der Waals surface area contributed by atoms with Crippen molar-refractivity contribution in [3.8, 4) is 0 Å². The van der Waals surface area contributed by atoms with Crippen LogP contribution in [0.15, 0.2) is 56.2 Å². The van der Waals surface area contributed by atoms with E-state index < -0.39 is 21.9 Å². The molecule has 0 amide bonds. The summed E-state index contributed by atoms with van der Waals surface area (Å²) in [5, 5.41) is 31.7. The number of hydrogen-bond donors (Lipinski definition) is 3. The predicted octanol–water partition coefficient (Wildman–Crippen LogP) is 4.60. The fourth-order valence-electron chi connectivity index (χ4n) is 4.03. The molecule has 0 unspecified atom stereocenters. The molecular formula is C25H39NO4S. The van der Waals surface area contributed by atoms with Gasteiger partial charge in [-0.05, 0) is 57.6 Å². The fourth-order valence-corrected chi connectivity index (χ4v) is 6.29. The summed E-state index contributed by atoms with van der Waals surface area (Å²) in [6.07, 6.45) is 5.26. The van der Waals surface area contributed by atoms with Gasteiger partial charge in [-0.25, -0.2) is 8.57 Å². The molecule has 31 heavy (non-hydrogen) atoms. The van der Waals surface area contributed by atoms with Gasteiger partial charge in [0.1, 0.15) is 0 Å². The topological polar surface area (TPSA) is 90.1 Å². The second-order valence-electron chi connectivity index (χ2n) is 9.03. The van der Waals surface area contributed by atoms with Crippen LogP contribution in [-0.2, 0) is 9.73 Å². The van der Waals surface area contributed by atoms with E-state index in [0.717, 1.165) is 42.4 Å². The van der Waals surface area contributed by atoms with Gasteiger partial charge in [-0.3, -0.25) is 0 Å². The highest BCUT2D eigenvalue weighted by Gasteiger charge is 2.28. The zero-order chi connectivity index (χ0) is 23.0. The van der Waals surface area contributed by atoms with Crippen LogP contribution in [0.2, 0.25) is 0 Å². The predicted molar refractivity (Wildman–Crippen MR) is 127 cm³/mol. The van der Waals surface area contributed by atoms with E-state index in [1.807, 2.05) is 52.0 Å². The minimum Gasteiger partial charge on any atom is -0.394 e. The van der Waals surface area contributed by atoms with Crippen LogP contribution in [0.5, 0.6) is 0 Å². The smallest absolute Gasteiger partial charge is 0.0972 e. The lowest BCUT2D eigenvalue weighted by Gasteiger charge is -2.30. The van der Waals surface area contributed by atoms with E-state index in [4.69, 9.17) is 5.11 Å². The van der Waals surface area contributed by atoms with Crippen molar-refractivity contribution in [1.29, 1.82) is 0 Å². The quantitative estimate of drug-likeness (QED) is 0.481. The molecule has 0 saturated heterocycles. The Labute approximate surface area is 188 Å². The van der Waals surface area contributed by atoms with Crippen LogP contribution in [0.4, 0.5) is 0 Å². The number of aliphatic hydroxyl groups is 3. The van der Waals surface area contributed by atoms with Crippen molar-refractivity contribution in [2.45, 2.75) is 76.8 Å². The van der Waals surface area contributed by atoms with Crippen LogP contribution in [0, 0.1) is 18.8 Å².